The SMILES string of the molecule is Cn1cc(-c2cc(CCOCCC(=O)N(CCNCCc3ccc(O)c4c3OCC(=O)N4)C3CCCCC3)ccc2F)cn1.O=C(O)C(F)(F)F. The molecule has 0 radical (unpaired) electrons. The number of halogens is 4. The van der Waals surface area contributed by atoms with Crippen molar-refractivity contribution in [3.63, 3.8) is 0 Å². The zero-order chi connectivity index (χ0) is 37.0. The molecule has 2 aliphatic rings. The fourth-order valence-corrected chi connectivity index (χ4v) is 5.97. The van der Waals surface area contributed by atoms with Crippen LogP contribution in [0.25, 0.3) is 11.1 Å². The molecule has 5 rings (SSSR count). The highest BCUT2D eigenvalue weighted by molar-refractivity contribution is 5.97. The van der Waals surface area contributed by atoms with Crippen molar-refractivity contribution in [3.05, 3.63) is 59.7 Å². The first-order chi connectivity index (χ1) is 24.3. The first-order valence-electron chi connectivity index (χ1n) is 16.8. The second-order valence-electron chi connectivity index (χ2n) is 12.3. The van der Waals surface area contributed by atoms with E-state index >= 15 is 0 Å². The molecular weight excluding hydrogens is 678 g/mol. The molecule has 3 aromatic rings. The number of phenolic OH excluding ortho intramolecular Hbond substituents is 1. The van der Waals surface area contributed by atoms with Crippen molar-refractivity contribution in [2.24, 2.45) is 7.05 Å². The summed E-state index contributed by atoms with van der Waals surface area (Å²) in [5.74, 6) is -2.72. The van der Waals surface area contributed by atoms with Crippen molar-refractivity contribution in [2.45, 2.75) is 63.6 Å². The monoisotopic (exact) mass is 721 g/mol. The number of anilines is 1. The number of carboxylic acid groups (broad SMARTS) is 1. The van der Waals surface area contributed by atoms with Crippen molar-refractivity contribution >= 4 is 23.5 Å². The molecule has 16 heteroatoms. The fraction of sp³-hybridized carbons (Fsp3) is 0.486. The molecule has 2 amide bonds. The van der Waals surface area contributed by atoms with Crippen LogP contribution in [0.2, 0.25) is 0 Å². The Morgan fingerprint density at radius 3 is 2.55 bits per heavy atom. The van der Waals surface area contributed by atoms with E-state index in [1.807, 2.05) is 11.0 Å². The minimum absolute atomic E-state index is 0.0132. The second-order valence-corrected chi connectivity index (χ2v) is 12.3. The highest BCUT2D eigenvalue weighted by Gasteiger charge is 2.38. The Labute approximate surface area is 292 Å². The van der Waals surface area contributed by atoms with Crippen LogP contribution in [0.1, 0.15) is 49.7 Å². The van der Waals surface area contributed by atoms with E-state index in [4.69, 9.17) is 19.4 Å². The number of phenols is 1. The number of hydrogen-bond acceptors (Lipinski definition) is 8. The van der Waals surface area contributed by atoms with E-state index in [-0.39, 0.29) is 36.0 Å². The number of aryl methyl sites for hydroxylation is 1. The lowest BCUT2D eigenvalue weighted by molar-refractivity contribution is -0.192. The molecule has 1 aromatic heterocycles. The van der Waals surface area contributed by atoms with Gasteiger partial charge < -0.3 is 35.2 Å². The molecule has 51 heavy (non-hydrogen) atoms. The van der Waals surface area contributed by atoms with Crippen LogP contribution in [0.5, 0.6) is 11.5 Å². The smallest absolute Gasteiger partial charge is 0.490 e. The number of benzene rings is 2. The number of carboxylic acids is 1. The average Bonchev–Trinajstić information content (AvgIpc) is 3.53. The van der Waals surface area contributed by atoms with Crippen LogP contribution < -0.4 is 15.4 Å². The number of nitrogens with zero attached hydrogens (tertiary/aromatic N) is 3. The van der Waals surface area contributed by atoms with Crippen LogP contribution in [0.3, 0.4) is 0 Å². The molecule has 0 saturated heterocycles. The molecule has 278 valence electrons. The van der Waals surface area contributed by atoms with Gasteiger partial charge in [-0.25, -0.2) is 9.18 Å². The minimum atomic E-state index is -5.08. The molecule has 0 spiro atoms. The normalized spacial score (nSPS) is 14.5. The molecule has 0 bridgehead atoms. The van der Waals surface area contributed by atoms with Crippen molar-refractivity contribution in [1.82, 2.24) is 20.0 Å². The lowest BCUT2D eigenvalue weighted by Crippen LogP contribution is -2.45. The van der Waals surface area contributed by atoms with Crippen LogP contribution in [-0.2, 0) is 39.0 Å². The number of rotatable bonds is 14. The lowest BCUT2D eigenvalue weighted by atomic mass is 9.94. The van der Waals surface area contributed by atoms with Gasteiger partial charge in [0, 0.05) is 43.5 Å². The maximum atomic E-state index is 14.4. The summed E-state index contributed by atoms with van der Waals surface area (Å²) in [7, 11) is 1.80. The molecule has 1 fully saturated rings. The molecule has 1 saturated carbocycles. The molecule has 12 nitrogen and oxygen atoms in total. The Morgan fingerprint density at radius 1 is 1.12 bits per heavy atom. The summed E-state index contributed by atoms with van der Waals surface area (Å²) in [5, 5.41) is 27.5. The topological polar surface area (TPSA) is 155 Å². The highest BCUT2D eigenvalue weighted by Crippen LogP contribution is 2.39. The molecule has 0 unspecified atom stereocenters. The van der Waals surface area contributed by atoms with Gasteiger partial charge >= 0.3 is 12.1 Å². The van der Waals surface area contributed by atoms with Gasteiger partial charge in [-0.2, -0.15) is 18.3 Å². The quantitative estimate of drug-likeness (QED) is 0.104. The number of carbonyl (C=O) groups is 3. The third-order valence-corrected chi connectivity index (χ3v) is 8.55. The molecule has 1 aliphatic carbocycles. The molecular formula is C35H43F4N5O7. The molecule has 4 N–H and O–H groups in total. The van der Waals surface area contributed by atoms with Gasteiger partial charge in [0.25, 0.3) is 5.91 Å². The number of hydrogen-bond donors (Lipinski definition) is 4. The Morgan fingerprint density at radius 2 is 1.86 bits per heavy atom. The highest BCUT2D eigenvalue weighted by atomic mass is 19.4. The number of amides is 2. The largest absolute Gasteiger partial charge is 0.506 e. The third-order valence-electron chi connectivity index (χ3n) is 8.55. The van der Waals surface area contributed by atoms with Gasteiger partial charge in [0.1, 0.15) is 17.3 Å². The molecule has 2 heterocycles. The van der Waals surface area contributed by atoms with Crippen molar-refractivity contribution < 1.29 is 51.6 Å². The fourth-order valence-electron chi connectivity index (χ4n) is 5.97. The van der Waals surface area contributed by atoms with Crippen molar-refractivity contribution in [3.8, 4) is 22.6 Å². The standard InChI is InChI=1S/C33H42FN5O5.C2HF3O2/c1-38-21-25(20-36-38)27-19-23(7-9-28(27)34)12-17-43-18-13-31(42)39(26-5-3-2-4-6-26)16-15-35-14-11-24-8-10-29(40)32-33(24)44-22-30(41)37-32;3-2(4,5)1(6)7/h7-10,19-21,26,35,40H,2-6,11-18,22H2,1H3,(H,37,41);(H,6,7). The van der Waals surface area contributed by atoms with Gasteiger partial charge in [-0.15, -0.1) is 0 Å². The van der Waals surface area contributed by atoms with E-state index in [0.717, 1.165) is 42.4 Å². The van der Waals surface area contributed by atoms with Gasteiger partial charge in [-0.1, -0.05) is 31.4 Å². The predicted octanol–water partition coefficient (Wildman–Crippen LogP) is 4.84. The third kappa shape index (κ3) is 11.7. The molecule has 1 aliphatic heterocycles. The summed E-state index contributed by atoms with van der Waals surface area (Å²) in [6, 6.07) is 8.70. The Hall–Kier alpha value is -4.70. The van der Waals surface area contributed by atoms with E-state index in [1.165, 1.54) is 12.5 Å². The van der Waals surface area contributed by atoms with Crippen LogP contribution >= 0.6 is 0 Å². The number of aromatic hydroxyl groups is 1. The van der Waals surface area contributed by atoms with E-state index < -0.39 is 12.1 Å². The van der Waals surface area contributed by atoms with Gasteiger partial charge in [0.15, 0.2) is 12.4 Å². The van der Waals surface area contributed by atoms with Gasteiger partial charge in [-0.3, -0.25) is 14.3 Å². The van der Waals surface area contributed by atoms with Crippen molar-refractivity contribution in [2.75, 3.05) is 44.8 Å². The minimum Gasteiger partial charge on any atom is -0.506 e. The Balaban J connectivity index is 0.000000755. The number of alkyl halides is 3. The number of aliphatic carboxylic acids is 1. The first-order valence-corrected chi connectivity index (χ1v) is 16.8. The second kappa shape index (κ2) is 18.5. The predicted molar refractivity (Wildman–Crippen MR) is 179 cm³/mol. The van der Waals surface area contributed by atoms with E-state index in [9.17, 15) is 32.3 Å². The number of aromatic nitrogens is 2. The first kappa shape index (κ1) is 39.1. The number of carbonyl (C=O) groups excluding carboxylic acids is 2. The molecule has 2 aromatic carbocycles. The maximum absolute atomic E-state index is 14.4. The van der Waals surface area contributed by atoms with Crippen LogP contribution in [-0.4, -0.2) is 94.4 Å². The number of ether oxygens (including phenoxy) is 2. The van der Waals surface area contributed by atoms with Gasteiger partial charge in [-0.05, 0) is 61.6 Å². The van der Waals surface area contributed by atoms with E-state index in [1.54, 1.807) is 42.3 Å². The van der Waals surface area contributed by atoms with Crippen molar-refractivity contribution in [1.29, 1.82) is 0 Å². The summed E-state index contributed by atoms with van der Waals surface area (Å²) < 4.78 is 59.2. The Kier molecular flexibility index (Phi) is 14.2. The zero-order valence-electron chi connectivity index (χ0n) is 28.3. The Bertz CT molecular complexity index is 1640. The summed E-state index contributed by atoms with van der Waals surface area (Å²) in [4.78, 5) is 35.9. The van der Waals surface area contributed by atoms with Gasteiger partial charge in [0.2, 0.25) is 5.91 Å². The summed E-state index contributed by atoms with van der Waals surface area (Å²) in [5.41, 5.74) is 3.44. The average molecular weight is 722 g/mol. The molecule has 0 atom stereocenters. The van der Waals surface area contributed by atoms with E-state index in [2.05, 4.69) is 15.7 Å². The maximum Gasteiger partial charge on any atom is 0.490 e. The summed E-state index contributed by atoms with van der Waals surface area (Å²) in [6.45, 7) is 2.66. The summed E-state index contributed by atoms with van der Waals surface area (Å²) >= 11 is 0. The number of fused-ring (bicyclic) bond motifs is 1. The van der Waals surface area contributed by atoms with E-state index in [0.29, 0.717) is 69.1 Å². The van der Waals surface area contributed by atoms with Gasteiger partial charge in [0.05, 0.1) is 25.8 Å². The zero-order valence-corrected chi connectivity index (χ0v) is 28.3. The summed E-state index contributed by atoms with van der Waals surface area (Å²) in [6.07, 6.45) is 5.50. The van der Waals surface area contributed by atoms with Crippen LogP contribution in [0.4, 0.5) is 23.2 Å². The lowest BCUT2D eigenvalue weighted by Gasteiger charge is -2.34. The van der Waals surface area contributed by atoms with Crippen LogP contribution in [0, 0.1) is 5.82 Å². The van der Waals surface area contributed by atoms with Crippen LogP contribution in [0.15, 0.2) is 42.7 Å². The number of nitrogens with one attached hydrogen (secondary N) is 2.